The molecule has 0 unspecified atom stereocenters. The minimum Gasteiger partial charge on any atom is -0.357 e. The number of carbonyl (C=O) groups excluding carboxylic acids is 3. The highest BCUT2D eigenvalue weighted by Crippen LogP contribution is 2.35. The van der Waals surface area contributed by atoms with Gasteiger partial charge in [0.2, 0.25) is 17.7 Å². The van der Waals surface area contributed by atoms with E-state index in [4.69, 9.17) is 0 Å². The first-order valence-corrected chi connectivity index (χ1v) is 7.75. The van der Waals surface area contributed by atoms with Crippen LogP contribution in [0.25, 0.3) is 0 Å². The van der Waals surface area contributed by atoms with Gasteiger partial charge in [0.25, 0.3) is 0 Å². The van der Waals surface area contributed by atoms with Crippen LogP contribution in [0.4, 0.5) is 0 Å². The Morgan fingerprint density at radius 2 is 1.91 bits per heavy atom. The van der Waals surface area contributed by atoms with Gasteiger partial charge in [-0.15, -0.1) is 0 Å². The van der Waals surface area contributed by atoms with Gasteiger partial charge in [0.05, 0.1) is 0 Å². The first-order chi connectivity index (χ1) is 10.9. The summed E-state index contributed by atoms with van der Waals surface area (Å²) in [4.78, 5) is 37.9. The molecule has 124 valence electrons. The highest BCUT2D eigenvalue weighted by Gasteiger charge is 2.53. The number of nitrogens with one attached hydrogen (secondary N) is 2. The molecule has 23 heavy (non-hydrogen) atoms. The standard InChI is InChI=1S/C17H23N3O3/c1-12(19-13(2)21)15(22)20-10-9-17(20,16(23)18-3)11-14-7-5-4-6-8-14/h4-8,12H,9-11H2,1-3H3,(H,18,23)(H,19,21)/t12-,17+/m0/s1. The van der Waals surface area contributed by atoms with Crippen molar-refractivity contribution in [1.82, 2.24) is 15.5 Å². The van der Waals surface area contributed by atoms with E-state index in [9.17, 15) is 14.4 Å². The minimum absolute atomic E-state index is 0.170. The van der Waals surface area contributed by atoms with Gasteiger partial charge in [0, 0.05) is 26.9 Å². The number of likely N-dealkylation sites (N-methyl/N-ethyl adjacent to an activating group) is 1. The van der Waals surface area contributed by atoms with Gasteiger partial charge >= 0.3 is 0 Å². The summed E-state index contributed by atoms with van der Waals surface area (Å²) in [6, 6.07) is 8.99. The zero-order valence-electron chi connectivity index (χ0n) is 13.8. The summed E-state index contributed by atoms with van der Waals surface area (Å²) in [6.07, 6.45) is 1.08. The van der Waals surface area contributed by atoms with Gasteiger partial charge in [-0.3, -0.25) is 14.4 Å². The molecular formula is C17H23N3O3. The van der Waals surface area contributed by atoms with Crippen molar-refractivity contribution in [2.45, 2.75) is 38.3 Å². The Balaban J connectivity index is 2.23. The van der Waals surface area contributed by atoms with E-state index in [-0.39, 0.29) is 17.7 Å². The zero-order valence-corrected chi connectivity index (χ0v) is 13.8. The third-order valence-electron chi connectivity index (χ3n) is 4.31. The molecule has 1 fully saturated rings. The van der Waals surface area contributed by atoms with Crippen LogP contribution in [0, 0.1) is 0 Å². The normalized spacial score (nSPS) is 21.1. The molecule has 1 heterocycles. The topological polar surface area (TPSA) is 78.5 Å². The van der Waals surface area contributed by atoms with E-state index in [1.807, 2.05) is 30.3 Å². The molecule has 3 amide bonds. The third-order valence-corrected chi connectivity index (χ3v) is 4.31. The Kier molecular flexibility index (Phi) is 5.03. The highest BCUT2D eigenvalue weighted by molar-refractivity contribution is 5.96. The SMILES string of the molecule is CNC(=O)[C@]1(Cc2ccccc2)CCN1C(=O)[C@H](C)NC(C)=O. The molecule has 2 rings (SSSR count). The van der Waals surface area contributed by atoms with Crippen LogP contribution in [0.15, 0.2) is 30.3 Å². The van der Waals surface area contributed by atoms with Crippen molar-refractivity contribution in [1.29, 1.82) is 0 Å². The van der Waals surface area contributed by atoms with Gasteiger partial charge in [-0.05, 0) is 18.9 Å². The molecule has 0 saturated carbocycles. The number of hydrogen-bond donors (Lipinski definition) is 2. The summed E-state index contributed by atoms with van der Waals surface area (Å²) in [5, 5.41) is 5.26. The summed E-state index contributed by atoms with van der Waals surface area (Å²) in [5.41, 5.74) is 0.126. The maximum Gasteiger partial charge on any atom is 0.246 e. The maximum atomic E-state index is 12.6. The average Bonchev–Trinajstić information content (AvgIpc) is 2.51. The molecule has 2 atom stereocenters. The predicted octanol–water partition coefficient (Wildman–Crippen LogP) is 0.471. The van der Waals surface area contributed by atoms with Crippen LogP contribution in [0.2, 0.25) is 0 Å². The molecule has 1 aromatic carbocycles. The van der Waals surface area contributed by atoms with Crippen LogP contribution in [0.1, 0.15) is 25.8 Å². The van der Waals surface area contributed by atoms with Crippen molar-refractivity contribution in [3.8, 4) is 0 Å². The van der Waals surface area contributed by atoms with Gasteiger partial charge < -0.3 is 15.5 Å². The lowest BCUT2D eigenvalue weighted by atomic mass is 9.77. The summed E-state index contributed by atoms with van der Waals surface area (Å²) in [7, 11) is 1.58. The first kappa shape index (κ1) is 17.0. The lowest BCUT2D eigenvalue weighted by Gasteiger charge is -2.52. The Hall–Kier alpha value is -2.37. The number of amides is 3. The number of nitrogens with zero attached hydrogens (tertiary/aromatic N) is 1. The van der Waals surface area contributed by atoms with Gasteiger partial charge in [-0.2, -0.15) is 0 Å². The summed E-state index contributed by atoms with van der Waals surface area (Å²) in [6.45, 7) is 3.53. The lowest BCUT2D eigenvalue weighted by molar-refractivity contribution is -0.160. The van der Waals surface area contributed by atoms with Crippen LogP contribution >= 0.6 is 0 Å². The molecule has 6 heteroatoms. The van der Waals surface area contributed by atoms with E-state index in [2.05, 4.69) is 10.6 Å². The van der Waals surface area contributed by atoms with Crippen LogP contribution in [-0.2, 0) is 20.8 Å². The van der Waals surface area contributed by atoms with E-state index < -0.39 is 11.6 Å². The Morgan fingerprint density at radius 3 is 2.39 bits per heavy atom. The molecule has 0 radical (unpaired) electrons. The number of carbonyl (C=O) groups is 3. The molecule has 0 aromatic heterocycles. The fourth-order valence-corrected chi connectivity index (χ4v) is 3.08. The van der Waals surface area contributed by atoms with E-state index in [1.54, 1.807) is 18.9 Å². The molecule has 1 saturated heterocycles. The van der Waals surface area contributed by atoms with Crippen molar-refractivity contribution in [3.63, 3.8) is 0 Å². The molecule has 2 N–H and O–H groups in total. The van der Waals surface area contributed by atoms with Crippen molar-refractivity contribution >= 4 is 17.7 Å². The monoisotopic (exact) mass is 317 g/mol. The largest absolute Gasteiger partial charge is 0.357 e. The average molecular weight is 317 g/mol. The molecule has 1 aromatic rings. The second kappa shape index (κ2) is 6.81. The van der Waals surface area contributed by atoms with E-state index in [0.29, 0.717) is 19.4 Å². The number of benzene rings is 1. The Bertz CT molecular complexity index is 602. The fraction of sp³-hybridized carbons (Fsp3) is 0.471. The number of rotatable bonds is 5. The predicted molar refractivity (Wildman–Crippen MR) is 86.6 cm³/mol. The fourth-order valence-electron chi connectivity index (χ4n) is 3.08. The van der Waals surface area contributed by atoms with Crippen molar-refractivity contribution in [2.24, 2.45) is 0 Å². The molecule has 6 nitrogen and oxygen atoms in total. The summed E-state index contributed by atoms with van der Waals surface area (Å²) >= 11 is 0. The van der Waals surface area contributed by atoms with E-state index in [0.717, 1.165) is 5.56 Å². The Labute approximate surface area is 136 Å². The minimum atomic E-state index is -0.875. The highest BCUT2D eigenvalue weighted by atomic mass is 16.2. The first-order valence-electron chi connectivity index (χ1n) is 7.75. The quantitative estimate of drug-likeness (QED) is 0.829. The maximum absolute atomic E-state index is 12.6. The van der Waals surface area contributed by atoms with Crippen molar-refractivity contribution < 1.29 is 14.4 Å². The second-order valence-corrected chi connectivity index (χ2v) is 5.94. The third kappa shape index (κ3) is 3.36. The van der Waals surface area contributed by atoms with Gasteiger partial charge in [-0.25, -0.2) is 0 Å². The molecule has 1 aliphatic rings. The molecule has 0 spiro atoms. The van der Waals surface area contributed by atoms with Crippen LogP contribution in [0.5, 0.6) is 0 Å². The molecule has 0 aliphatic carbocycles. The van der Waals surface area contributed by atoms with Gasteiger partial charge in [0.1, 0.15) is 11.6 Å². The second-order valence-electron chi connectivity index (χ2n) is 5.94. The smallest absolute Gasteiger partial charge is 0.246 e. The van der Waals surface area contributed by atoms with Crippen molar-refractivity contribution in [2.75, 3.05) is 13.6 Å². The number of hydrogen-bond acceptors (Lipinski definition) is 3. The number of likely N-dealkylation sites (tertiary alicyclic amines) is 1. The molecular weight excluding hydrogens is 294 g/mol. The van der Waals surface area contributed by atoms with Gasteiger partial charge in [-0.1, -0.05) is 30.3 Å². The van der Waals surface area contributed by atoms with E-state index in [1.165, 1.54) is 6.92 Å². The summed E-state index contributed by atoms with van der Waals surface area (Å²) in [5.74, 6) is -0.665. The van der Waals surface area contributed by atoms with Gasteiger partial charge in [0.15, 0.2) is 0 Å². The summed E-state index contributed by atoms with van der Waals surface area (Å²) < 4.78 is 0. The van der Waals surface area contributed by atoms with Crippen molar-refractivity contribution in [3.05, 3.63) is 35.9 Å². The van der Waals surface area contributed by atoms with Crippen LogP contribution in [-0.4, -0.2) is 47.8 Å². The van der Waals surface area contributed by atoms with Crippen LogP contribution in [0.3, 0.4) is 0 Å². The van der Waals surface area contributed by atoms with E-state index >= 15 is 0 Å². The molecule has 0 bridgehead atoms. The van der Waals surface area contributed by atoms with Crippen LogP contribution < -0.4 is 10.6 Å². The molecule has 1 aliphatic heterocycles. The Morgan fingerprint density at radius 1 is 1.26 bits per heavy atom. The lowest BCUT2D eigenvalue weighted by Crippen LogP contribution is -2.71. The zero-order chi connectivity index (χ0) is 17.0.